The molecule has 0 saturated heterocycles. The van der Waals surface area contributed by atoms with Crippen molar-refractivity contribution < 1.29 is 14.8 Å². The van der Waals surface area contributed by atoms with Crippen LogP contribution in [0.25, 0.3) is 0 Å². The third-order valence-corrected chi connectivity index (χ3v) is 5.26. The lowest BCUT2D eigenvalue weighted by atomic mass is 9.79. The van der Waals surface area contributed by atoms with Crippen LogP contribution in [0.15, 0.2) is 22.7 Å². The molecule has 1 aliphatic rings. The fourth-order valence-electron chi connectivity index (χ4n) is 3.17. The fourth-order valence-corrected chi connectivity index (χ4v) is 3.68. The molecule has 1 aromatic rings. The van der Waals surface area contributed by atoms with Crippen LogP contribution in [0.1, 0.15) is 38.2 Å². The van der Waals surface area contributed by atoms with E-state index in [2.05, 4.69) is 22.9 Å². The SMILES string of the molecule is CCC1CCC(Cc2ccc([N+](=O)[O-])cc2Br)(C(=O)O)C1. The Bertz CT molecular complexity index is 575. The molecule has 21 heavy (non-hydrogen) atoms. The van der Waals surface area contributed by atoms with Gasteiger partial charge in [-0.2, -0.15) is 0 Å². The summed E-state index contributed by atoms with van der Waals surface area (Å²) in [5.41, 5.74) is 0.0897. The van der Waals surface area contributed by atoms with Crippen molar-refractivity contribution in [2.75, 3.05) is 0 Å². The van der Waals surface area contributed by atoms with Gasteiger partial charge in [-0.25, -0.2) is 0 Å². The van der Waals surface area contributed by atoms with Crippen LogP contribution >= 0.6 is 15.9 Å². The van der Waals surface area contributed by atoms with Crippen molar-refractivity contribution in [2.24, 2.45) is 11.3 Å². The molecule has 6 heteroatoms. The van der Waals surface area contributed by atoms with Gasteiger partial charge >= 0.3 is 5.97 Å². The van der Waals surface area contributed by atoms with Crippen LogP contribution in [-0.4, -0.2) is 16.0 Å². The molecular formula is C15H18BrNO4. The van der Waals surface area contributed by atoms with E-state index < -0.39 is 16.3 Å². The van der Waals surface area contributed by atoms with Crippen LogP contribution in [0.5, 0.6) is 0 Å². The van der Waals surface area contributed by atoms with Crippen LogP contribution in [-0.2, 0) is 11.2 Å². The van der Waals surface area contributed by atoms with Crippen molar-refractivity contribution in [3.05, 3.63) is 38.3 Å². The lowest BCUT2D eigenvalue weighted by Gasteiger charge is -2.25. The molecule has 2 atom stereocenters. The minimum Gasteiger partial charge on any atom is -0.481 e. The largest absolute Gasteiger partial charge is 0.481 e. The molecule has 0 aromatic heterocycles. The maximum absolute atomic E-state index is 11.8. The molecule has 0 radical (unpaired) electrons. The molecular weight excluding hydrogens is 338 g/mol. The summed E-state index contributed by atoms with van der Waals surface area (Å²) >= 11 is 3.33. The van der Waals surface area contributed by atoms with Crippen molar-refractivity contribution in [1.82, 2.24) is 0 Å². The van der Waals surface area contributed by atoms with Crippen LogP contribution in [0.3, 0.4) is 0 Å². The molecule has 0 aliphatic heterocycles. The summed E-state index contributed by atoms with van der Waals surface area (Å²) in [6.07, 6.45) is 3.70. The second kappa shape index (κ2) is 6.13. The number of nitro groups is 1. The number of nitro benzene ring substituents is 1. The first-order valence-corrected chi connectivity index (χ1v) is 7.83. The normalized spacial score (nSPS) is 25.0. The highest BCUT2D eigenvalue weighted by atomic mass is 79.9. The Hall–Kier alpha value is -1.43. The van der Waals surface area contributed by atoms with Gasteiger partial charge in [0, 0.05) is 16.6 Å². The number of benzene rings is 1. The molecule has 2 rings (SSSR count). The van der Waals surface area contributed by atoms with E-state index in [1.807, 2.05) is 0 Å². The van der Waals surface area contributed by atoms with E-state index in [4.69, 9.17) is 0 Å². The van der Waals surface area contributed by atoms with E-state index in [0.717, 1.165) is 18.4 Å². The number of carbonyl (C=O) groups is 1. The number of hydrogen-bond donors (Lipinski definition) is 1. The molecule has 1 saturated carbocycles. The Morgan fingerprint density at radius 3 is 2.76 bits per heavy atom. The second-order valence-corrected chi connectivity index (χ2v) is 6.67. The van der Waals surface area contributed by atoms with Gasteiger partial charge in [-0.3, -0.25) is 14.9 Å². The molecule has 1 aliphatic carbocycles. The van der Waals surface area contributed by atoms with E-state index in [0.29, 0.717) is 29.7 Å². The van der Waals surface area contributed by atoms with Gasteiger partial charge in [0.1, 0.15) is 0 Å². The van der Waals surface area contributed by atoms with Crippen LogP contribution in [0.2, 0.25) is 0 Å². The van der Waals surface area contributed by atoms with Crippen LogP contribution in [0.4, 0.5) is 5.69 Å². The van der Waals surface area contributed by atoms with Gasteiger partial charge in [-0.05, 0) is 37.2 Å². The van der Waals surface area contributed by atoms with E-state index in [9.17, 15) is 20.0 Å². The van der Waals surface area contributed by atoms with Gasteiger partial charge in [0.05, 0.1) is 10.3 Å². The maximum atomic E-state index is 11.8. The molecule has 0 bridgehead atoms. The highest BCUT2D eigenvalue weighted by Crippen LogP contribution is 2.46. The van der Waals surface area contributed by atoms with Gasteiger partial charge in [0.2, 0.25) is 0 Å². The van der Waals surface area contributed by atoms with Gasteiger partial charge in [-0.1, -0.05) is 35.3 Å². The van der Waals surface area contributed by atoms with Gasteiger partial charge in [0.25, 0.3) is 5.69 Å². The number of aliphatic carboxylic acids is 1. The molecule has 1 fully saturated rings. The van der Waals surface area contributed by atoms with E-state index in [1.165, 1.54) is 12.1 Å². The smallest absolute Gasteiger partial charge is 0.309 e. The first-order chi connectivity index (χ1) is 9.88. The van der Waals surface area contributed by atoms with Crippen LogP contribution < -0.4 is 0 Å². The Balaban J connectivity index is 2.26. The number of carboxylic acid groups (broad SMARTS) is 1. The third kappa shape index (κ3) is 3.26. The van der Waals surface area contributed by atoms with Gasteiger partial charge in [0.15, 0.2) is 0 Å². The molecule has 1 N–H and O–H groups in total. The predicted octanol–water partition coefficient (Wildman–Crippen LogP) is 4.18. The van der Waals surface area contributed by atoms with Gasteiger partial charge < -0.3 is 5.11 Å². The zero-order chi connectivity index (χ0) is 15.6. The summed E-state index contributed by atoms with van der Waals surface area (Å²) < 4.78 is 0.609. The number of nitrogens with zero attached hydrogens (tertiary/aromatic N) is 1. The molecule has 0 amide bonds. The summed E-state index contributed by atoms with van der Waals surface area (Å²) in [5, 5.41) is 20.4. The van der Waals surface area contributed by atoms with Crippen molar-refractivity contribution in [2.45, 2.75) is 39.0 Å². The average Bonchev–Trinajstić information content (AvgIpc) is 2.85. The second-order valence-electron chi connectivity index (χ2n) is 5.81. The summed E-state index contributed by atoms with van der Waals surface area (Å²) in [7, 11) is 0. The molecule has 2 unspecified atom stereocenters. The minimum atomic E-state index is -0.760. The monoisotopic (exact) mass is 355 g/mol. The van der Waals surface area contributed by atoms with E-state index >= 15 is 0 Å². The Kier molecular flexibility index (Phi) is 4.66. The van der Waals surface area contributed by atoms with Gasteiger partial charge in [-0.15, -0.1) is 0 Å². The van der Waals surface area contributed by atoms with Crippen molar-refractivity contribution >= 4 is 27.6 Å². The lowest BCUT2D eigenvalue weighted by molar-refractivity contribution is -0.384. The van der Waals surface area contributed by atoms with E-state index in [1.54, 1.807) is 6.07 Å². The van der Waals surface area contributed by atoms with Crippen molar-refractivity contribution in [3.8, 4) is 0 Å². The number of halogens is 1. The highest BCUT2D eigenvalue weighted by Gasteiger charge is 2.45. The average molecular weight is 356 g/mol. The zero-order valence-corrected chi connectivity index (χ0v) is 13.4. The number of hydrogen-bond acceptors (Lipinski definition) is 3. The highest BCUT2D eigenvalue weighted by molar-refractivity contribution is 9.10. The Morgan fingerprint density at radius 1 is 1.57 bits per heavy atom. The predicted molar refractivity (Wildman–Crippen MR) is 82.2 cm³/mol. The first-order valence-electron chi connectivity index (χ1n) is 7.04. The van der Waals surface area contributed by atoms with Crippen LogP contribution in [0, 0.1) is 21.4 Å². The standard InChI is InChI=1S/C15H18BrNO4/c1-2-10-5-6-15(8-10,14(18)19)9-11-3-4-12(17(20)21)7-13(11)16/h3-4,7,10H,2,5-6,8-9H2,1H3,(H,18,19). The van der Waals surface area contributed by atoms with E-state index in [-0.39, 0.29) is 5.69 Å². The summed E-state index contributed by atoms with van der Waals surface area (Å²) in [6, 6.07) is 4.53. The molecule has 114 valence electrons. The summed E-state index contributed by atoms with van der Waals surface area (Å²) in [6.45, 7) is 2.09. The first kappa shape index (κ1) is 15.9. The maximum Gasteiger partial charge on any atom is 0.309 e. The molecule has 5 nitrogen and oxygen atoms in total. The third-order valence-electron chi connectivity index (χ3n) is 4.52. The molecule has 0 spiro atoms. The summed E-state index contributed by atoms with van der Waals surface area (Å²) in [4.78, 5) is 22.1. The fraction of sp³-hybridized carbons (Fsp3) is 0.533. The number of non-ortho nitro benzene ring substituents is 1. The summed E-state index contributed by atoms with van der Waals surface area (Å²) in [5.74, 6) is -0.304. The topological polar surface area (TPSA) is 80.4 Å². The number of rotatable bonds is 5. The Morgan fingerprint density at radius 2 is 2.29 bits per heavy atom. The van der Waals surface area contributed by atoms with Crippen molar-refractivity contribution in [3.63, 3.8) is 0 Å². The zero-order valence-electron chi connectivity index (χ0n) is 11.8. The Labute approximate surface area is 131 Å². The van der Waals surface area contributed by atoms with Crippen molar-refractivity contribution in [1.29, 1.82) is 0 Å². The minimum absolute atomic E-state index is 0.00727. The number of carboxylic acids is 1. The lowest BCUT2D eigenvalue weighted by Crippen LogP contribution is -2.31. The molecule has 0 heterocycles. The molecule has 1 aromatic carbocycles. The quantitative estimate of drug-likeness (QED) is 0.634.